The summed E-state index contributed by atoms with van der Waals surface area (Å²) in [7, 11) is 0. The van der Waals surface area contributed by atoms with Gasteiger partial charge >= 0.3 is 12.0 Å². The first-order chi connectivity index (χ1) is 9.03. The van der Waals surface area contributed by atoms with Crippen molar-refractivity contribution in [3.8, 4) is 0 Å². The molecule has 0 aromatic heterocycles. The van der Waals surface area contributed by atoms with E-state index in [-0.39, 0.29) is 18.5 Å². The summed E-state index contributed by atoms with van der Waals surface area (Å²) < 4.78 is 0. The maximum absolute atomic E-state index is 12.0. The van der Waals surface area contributed by atoms with Crippen molar-refractivity contribution in [2.45, 2.75) is 61.8 Å². The van der Waals surface area contributed by atoms with Crippen LogP contribution in [0.5, 0.6) is 0 Å². The Morgan fingerprint density at radius 2 is 2.11 bits per heavy atom. The number of hydrogen-bond acceptors (Lipinski definition) is 3. The number of carboxylic acid groups (broad SMARTS) is 1. The van der Waals surface area contributed by atoms with Crippen LogP contribution >= 0.6 is 11.8 Å². The van der Waals surface area contributed by atoms with Gasteiger partial charge in [0.05, 0.1) is 12.0 Å². The zero-order chi connectivity index (χ0) is 13.9. The van der Waals surface area contributed by atoms with E-state index >= 15 is 0 Å². The first-order valence-electron chi connectivity index (χ1n) is 6.86. The predicted molar refractivity (Wildman–Crippen MR) is 75.4 cm³/mol. The SMILES string of the molecule is CSC1CCC(NC(=O)NC2(CC(=O)O)CCC2)C1. The molecule has 5 nitrogen and oxygen atoms in total. The molecule has 0 bridgehead atoms. The second kappa shape index (κ2) is 6.03. The van der Waals surface area contributed by atoms with Gasteiger partial charge in [-0.3, -0.25) is 4.79 Å². The number of carboxylic acids is 1. The molecule has 2 unspecified atom stereocenters. The second-order valence-corrected chi connectivity index (χ2v) is 6.81. The normalized spacial score (nSPS) is 28.5. The van der Waals surface area contributed by atoms with Gasteiger partial charge in [0.2, 0.25) is 0 Å². The number of hydrogen-bond donors (Lipinski definition) is 3. The molecule has 2 aliphatic rings. The highest BCUT2D eigenvalue weighted by Gasteiger charge is 2.40. The van der Waals surface area contributed by atoms with Crippen LogP contribution in [0.2, 0.25) is 0 Å². The van der Waals surface area contributed by atoms with Crippen LogP contribution in [0.1, 0.15) is 44.9 Å². The van der Waals surface area contributed by atoms with Crippen molar-refractivity contribution >= 4 is 23.8 Å². The Hall–Kier alpha value is -0.910. The molecule has 108 valence electrons. The van der Waals surface area contributed by atoms with E-state index in [2.05, 4.69) is 16.9 Å². The molecule has 2 saturated carbocycles. The van der Waals surface area contributed by atoms with Crippen LogP contribution in [0.3, 0.4) is 0 Å². The molecule has 0 aromatic rings. The van der Waals surface area contributed by atoms with Gasteiger partial charge in [-0.1, -0.05) is 0 Å². The lowest BCUT2D eigenvalue weighted by Crippen LogP contribution is -2.58. The molecule has 3 N–H and O–H groups in total. The Morgan fingerprint density at radius 1 is 1.37 bits per heavy atom. The van der Waals surface area contributed by atoms with E-state index in [1.54, 1.807) is 0 Å². The summed E-state index contributed by atoms with van der Waals surface area (Å²) in [6, 6.07) is 0.0344. The molecule has 0 saturated heterocycles. The van der Waals surface area contributed by atoms with Gasteiger partial charge in [0, 0.05) is 11.3 Å². The van der Waals surface area contributed by atoms with Gasteiger partial charge in [-0.05, 0) is 44.8 Å². The van der Waals surface area contributed by atoms with Gasteiger partial charge in [0.15, 0.2) is 0 Å². The summed E-state index contributed by atoms with van der Waals surface area (Å²) in [5.74, 6) is -0.844. The zero-order valence-electron chi connectivity index (χ0n) is 11.3. The fraction of sp³-hybridized carbons (Fsp3) is 0.846. The molecule has 2 rings (SSSR count). The number of rotatable bonds is 5. The van der Waals surface area contributed by atoms with Crippen LogP contribution in [-0.4, -0.2) is 40.2 Å². The van der Waals surface area contributed by atoms with Gasteiger partial charge in [-0.25, -0.2) is 4.79 Å². The Labute approximate surface area is 117 Å². The van der Waals surface area contributed by atoms with Gasteiger partial charge < -0.3 is 15.7 Å². The summed E-state index contributed by atoms with van der Waals surface area (Å²) in [5.41, 5.74) is -0.507. The Balaban J connectivity index is 1.79. The van der Waals surface area contributed by atoms with Crippen LogP contribution in [0.15, 0.2) is 0 Å². The van der Waals surface area contributed by atoms with Crippen LogP contribution < -0.4 is 10.6 Å². The number of carbonyl (C=O) groups excluding carboxylic acids is 1. The van der Waals surface area contributed by atoms with E-state index in [1.165, 1.54) is 0 Å². The summed E-state index contributed by atoms with van der Waals surface area (Å²) in [6.45, 7) is 0. The Morgan fingerprint density at radius 3 is 2.58 bits per heavy atom. The molecule has 2 fully saturated rings. The Kier molecular flexibility index (Phi) is 4.60. The summed E-state index contributed by atoms with van der Waals surface area (Å²) in [6.07, 6.45) is 7.83. The molecule has 6 heteroatoms. The zero-order valence-corrected chi connectivity index (χ0v) is 12.1. The van der Waals surface area contributed by atoms with Crippen LogP contribution in [0, 0.1) is 0 Å². The predicted octanol–water partition coefficient (Wildman–Crippen LogP) is 1.97. The van der Waals surface area contributed by atoms with Gasteiger partial charge in [0.1, 0.15) is 0 Å². The van der Waals surface area contributed by atoms with E-state index in [9.17, 15) is 9.59 Å². The van der Waals surface area contributed by atoms with E-state index in [0.717, 1.165) is 38.5 Å². The van der Waals surface area contributed by atoms with Crippen molar-refractivity contribution in [3.05, 3.63) is 0 Å². The van der Waals surface area contributed by atoms with Gasteiger partial charge in [-0.2, -0.15) is 11.8 Å². The monoisotopic (exact) mass is 286 g/mol. The Bertz CT molecular complexity index is 358. The van der Waals surface area contributed by atoms with E-state index in [0.29, 0.717) is 5.25 Å². The van der Waals surface area contributed by atoms with Crippen LogP contribution in [-0.2, 0) is 4.79 Å². The summed E-state index contributed by atoms with van der Waals surface area (Å²) in [5, 5.41) is 15.4. The molecule has 2 atom stereocenters. The quantitative estimate of drug-likeness (QED) is 0.722. The summed E-state index contributed by atoms with van der Waals surface area (Å²) >= 11 is 1.85. The number of urea groups is 1. The third kappa shape index (κ3) is 3.78. The standard InChI is InChI=1S/C13H22N2O3S/c1-19-10-4-3-9(7-10)14-12(18)15-13(5-2-6-13)8-11(16)17/h9-10H,2-8H2,1H3,(H,16,17)(H2,14,15,18). The number of aliphatic carboxylic acids is 1. The molecule has 19 heavy (non-hydrogen) atoms. The highest BCUT2D eigenvalue weighted by atomic mass is 32.2. The molecule has 0 spiro atoms. The topological polar surface area (TPSA) is 78.4 Å². The largest absolute Gasteiger partial charge is 0.481 e. The molecular weight excluding hydrogens is 264 g/mol. The molecular formula is C13H22N2O3S. The van der Waals surface area contributed by atoms with Crippen molar-refractivity contribution in [1.82, 2.24) is 10.6 Å². The number of amides is 2. The molecule has 2 aliphatic carbocycles. The average Bonchev–Trinajstić information content (AvgIpc) is 2.73. The van der Waals surface area contributed by atoms with Crippen molar-refractivity contribution in [2.75, 3.05) is 6.26 Å². The number of carbonyl (C=O) groups is 2. The lowest BCUT2D eigenvalue weighted by molar-refractivity contribution is -0.139. The molecule has 0 radical (unpaired) electrons. The highest BCUT2D eigenvalue weighted by Crippen LogP contribution is 2.35. The molecule has 2 amide bonds. The minimum atomic E-state index is -0.844. The van der Waals surface area contributed by atoms with E-state index < -0.39 is 11.5 Å². The first kappa shape index (κ1) is 14.5. The van der Waals surface area contributed by atoms with E-state index in [1.807, 2.05) is 11.8 Å². The molecule has 0 aromatic carbocycles. The lowest BCUT2D eigenvalue weighted by Gasteiger charge is -2.41. The third-order valence-corrected chi connectivity index (χ3v) is 5.33. The number of thioether (sulfide) groups is 1. The number of nitrogens with one attached hydrogen (secondary N) is 2. The smallest absolute Gasteiger partial charge is 0.315 e. The molecule has 0 heterocycles. The minimum absolute atomic E-state index is 0.0263. The first-order valence-corrected chi connectivity index (χ1v) is 8.15. The average molecular weight is 286 g/mol. The van der Waals surface area contributed by atoms with E-state index in [4.69, 9.17) is 5.11 Å². The highest BCUT2D eigenvalue weighted by molar-refractivity contribution is 7.99. The maximum atomic E-state index is 12.0. The van der Waals surface area contributed by atoms with Crippen molar-refractivity contribution in [2.24, 2.45) is 0 Å². The van der Waals surface area contributed by atoms with Crippen molar-refractivity contribution < 1.29 is 14.7 Å². The fourth-order valence-corrected chi connectivity index (χ4v) is 3.78. The lowest BCUT2D eigenvalue weighted by atomic mass is 9.74. The molecule has 0 aliphatic heterocycles. The van der Waals surface area contributed by atoms with Crippen LogP contribution in [0.4, 0.5) is 4.79 Å². The van der Waals surface area contributed by atoms with Gasteiger partial charge in [0.25, 0.3) is 0 Å². The van der Waals surface area contributed by atoms with Crippen LogP contribution in [0.25, 0.3) is 0 Å². The summed E-state index contributed by atoms with van der Waals surface area (Å²) in [4.78, 5) is 22.8. The third-order valence-electron chi connectivity index (χ3n) is 4.23. The second-order valence-electron chi connectivity index (χ2n) is 5.67. The van der Waals surface area contributed by atoms with Crippen molar-refractivity contribution in [3.63, 3.8) is 0 Å². The minimum Gasteiger partial charge on any atom is -0.481 e. The fourth-order valence-electron chi connectivity index (χ4n) is 2.99. The maximum Gasteiger partial charge on any atom is 0.315 e. The van der Waals surface area contributed by atoms with Gasteiger partial charge in [-0.15, -0.1) is 0 Å². The van der Waals surface area contributed by atoms with Crippen molar-refractivity contribution in [1.29, 1.82) is 0 Å².